The number of hydrogen-bond acceptors (Lipinski definition) is 2. The highest BCUT2D eigenvalue weighted by Gasteiger charge is 2.25. The molecule has 0 radical (unpaired) electrons. The Labute approximate surface area is 110 Å². The van der Waals surface area contributed by atoms with Crippen LogP contribution in [0.15, 0.2) is 42.7 Å². The van der Waals surface area contributed by atoms with Crippen LogP contribution in [0.25, 0.3) is 0 Å². The number of hydrogen-bond donors (Lipinski definition) is 1. The standard InChI is InChI=1S/C15H13FN2O/c16-14-9-17-6-5-13(14)15(19)18-8-11-7-10-3-1-2-4-12(10)11/h1-6,9,11H,7-8H2,(H,18,19). The molecule has 0 spiro atoms. The second kappa shape index (κ2) is 4.80. The molecule has 0 saturated carbocycles. The van der Waals surface area contributed by atoms with Crippen LogP contribution in [0.2, 0.25) is 0 Å². The molecular formula is C15H13FN2O. The van der Waals surface area contributed by atoms with E-state index < -0.39 is 5.82 Å². The number of nitrogens with one attached hydrogen (secondary N) is 1. The van der Waals surface area contributed by atoms with Crippen molar-refractivity contribution in [1.82, 2.24) is 10.3 Å². The van der Waals surface area contributed by atoms with Gasteiger partial charge >= 0.3 is 0 Å². The first-order valence-corrected chi connectivity index (χ1v) is 6.21. The highest BCUT2D eigenvalue weighted by molar-refractivity contribution is 5.94. The predicted octanol–water partition coefficient (Wildman–Crippen LogP) is 2.29. The summed E-state index contributed by atoms with van der Waals surface area (Å²) in [5.41, 5.74) is 2.65. The predicted molar refractivity (Wildman–Crippen MR) is 69.4 cm³/mol. The van der Waals surface area contributed by atoms with Crippen molar-refractivity contribution in [2.75, 3.05) is 6.54 Å². The van der Waals surface area contributed by atoms with Gasteiger partial charge in [0.15, 0.2) is 5.82 Å². The number of nitrogens with zero attached hydrogens (tertiary/aromatic N) is 1. The van der Waals surface area contributed by atoms with E-state index in [-0.39, 0.29) is 11.5 Å². The van der Waals surface area contributed by atoms with Gasteiger partial charge in [0.25, 0.3) is 5.91 Å². The molecule has 3 rings (SSSR count). The molecule has 0 bridgehead atoms. The Morgan fingerprint density at radius 3 is 3.00 bits per heavy atom. The average Bonchev–Trinajstić information content (AvgIpc) is 2.40. The van der Waals surface area contributed by atoms with Crippen LogP contribution < -0.4 is 5.32 Å². The summed E-state index contributed by atoms with van der Waals surface area (Å²) >= 11 is 0. The smallest absolute Gasteiger partial charge is 0.254 e. The van der Waals surface area contributed by atoms with Crippen molar-refractivity contribution < 1.29 is 9.18 Å². The van der Waals surface area contributed by atoms with Crippen LogP contribution in [0.5, 0.6) is 0 Å². The fourth-order valence-corrected chi connectivity index (χ4v) is 2.42. The monoisotopic (exact) mass is 256 g/mol. The summed E-state index contributed by atoms with van der Waals surface area (Å²) in [5.74, 6) is -0.636. The van der Waals surface area contributed by atoms with Gasteiger partial charge in [0.2, 0.25) is 0 Å². The quantitative estimate of drug-likeness (QED) is 0.915. The van der Waals surface area contributed by atoms with Gasteiger partial charge in [-0.2, -0.15) is 0 Å². The SMILES string of the molecule is O=C(NCC1Cc2ccccc21)c1ccncc1F. The maximum Gasteiger partial charge on any atom is 0.254 e. The molecule has 0 aliphatic heterocycles. The highest BCUT2D eigenvalue weighted by atomic mass is 19.1. The van der Waals surface area contributed by atoms with E-state index in [9.17, 15) is 9.18 Å². The molecule has 1 aromatic carbocycles. The minimum absolute atomic E-state index is 0.0441. The Balaban J connectivity index is 1.63. The summed E-state index contributed by atoms with van der Waals surface area (Å²) in [4.78, 5) is 15.5. The zero-order chi connectivity index (χ0) is 13.2. The van der Waals surface area contributed by atoms with E-state index in [0.717, 1.165) is 12.6 Å². The molecule has 1 amide bonds. The first-order valence-electron chi connectivity index (χ1n) is 6.21. The van der Waals surface area contributed by atoms with Gasteiger partial charge < -0.3 is 5.32 Å². The third kappa shape index (κ3) is 2.21. The largest absolute Gasteiger partial charge is 0.351 e. The first-order chi connectivity index (χ1) is 9.25. The number of fused-ring (bicyclic) bond motifs is 1. The Kier molecular flexibility index (Phi) is 2.99. The molecule has 0 saturated heterocycles. The number of pyridine rings is 1. The maximum absolute atomic E-state index is 13.4. The molecule has 96 valence electrons. The van der Waals surface area contributed by atoms with Crippen LogP contribution in [-0.2, 0) is 6.42 Å². The second-order valence-electron chi connectivity index (χ2n) is 4.67. The molecular weight excluding hydrogens is 243 g/mol. The van der Waals surface area contributed by atoms with E-state index in [1.807, 2.05) is 12.1 Å². The van der Waals surface area contributed by atoms with E-state index in [0.29, 0.717) is 12.5 Å². The summed E-state index contributed by atoms with van der Waals surface area (Å²) in [6, 6.07) is 9.56. The number of halogens is 1. The minimum atomic E-state index is -0.589. The van der Waals surface area contributed by atoms with Gasteiger partial charge in [-0.1, -0.05) is 24.3 Å². The van der Waals surface area contributed by atoms with E-state index in [1.165, 1.54) is 23.4 Å². The van der Waals surface area contributed by atoms with Gasteiger partial charge in [0.05, 0.1) is 11.8 Å². The molecule has 1 aliphatic carbocycles. The summed E-state index contributed by atoms with van der Waals surface area (Å²) in [6.07, 6.45) is 3.43. The lowest BCUT2D eigenvalue weighted by atomic mass is 9.77. The first kappa shape index (κ1) is 11.8. The molecule has 19 heavy (non-hydrogen) atoms. The van der Waals surface area contributed by atoms with Crippen LogP contribution in [0.1, 0.15) is 27.4 Å². The van der Waals surface area contributed by atoms with Gasteiger partial charge in [-0.3, -0.25) is 9.78 Å². The second-order valence-corrected chi connectivity index (χ2v) is 4.67. The van der Waals surface area contributed by atoms with Crippen molar-refractivity contribution in [2.45, 2.75) is 12.3 Å². The van der Waals surface area contributed by atoms with E-state index in [1.54, 1.807) is 0 Å². The molecule has 1 atom stereocenters. The van der Waals surface area contributed by atoms with Crippen LogP contribution in [-0.4, -0.2) is 17.4 Å². The lowest BCUT2D eigenvalue weighted by Gasteiger charge is -2.30. The van der Waals surface area contributed by atoms with E-state index in [2.05, 4.69) is 22.4 Å². The van der Waals surface area contributed by atoms with E-state index >= 15 is 0 Å². The Morgan fingerprint density at radius 1 is 1.37 bits per heavy atom. The van der Waals surface area contributed by atoms with Crippen molar-refractivity contribution in [3.05, 3.63) is 65.2 Å². The molecule has 3 nitrogen and oxygen atoms in total. The molecule has 1 unspecified atom stereocenters. The van der Waals surface area contributed by atoms with Crippen molar-refractivity contribution in [2.24, 2.45) is 0 Å². The zero-order valence-electron chi connectivity index (χ0n) is 10.3. The van der Waals surface area contributed by atoms with Crippen molar-refractivity contribution in [1.29, 1.82) is 0 Å². The third-order valence-electron chi connectivity index (χ3n) is 3.49. The van der Waals surface area contributed by atoms with Gasteiger partial charge in [0.1, 0.15) is 0 Å². The number of amides is 1. The van der Waals surface area contributed by atoms with Crippen LogP contribution in [0.3, 0.4) is 0 Å². The maximum atomic E-state index is 13.4. The van der Waals surface area contributed by atoms with Crippen molar-refractivity contribution in [3.8, 4) is 0 Å². The zero-order valence-corrected chi connectivity index (χ0v) is 10.3. The van der Waals surface area contributed by atoms with Crippen LogP contribution in [0.4, 0.5) is 4.39 Å². The van der Waals surface area contributed by atoms with Crippen molar-refractivity contribution in [3.63, 3.8) is 0 Å². The number of rotatable bonds is 3. The molecule has 2 aromatic rings. The average molecular weight is 256 g/mol. The molecule has 1 heterocycles. The molecule has 1 N–H and O–H groups in total. The molecule has 4 heteroatoms. The van der Waals surface area contributed by atoms with Gasteiger partial charge in [-0.05, 0) is 23.6 Å². The van der Waals surface area contributed by atoms with Gasteiger partial charge in [-0.25, -0.2) is 4.39 Å². The fourth-order valence-electron chi connectivity index (χ4n) is 2.42. The normalized spacial score (nSPS) is 16.4. The summed E-state index contributed by atoms with van der Waals surface area (Å²) < 4.78 is 13.4. The Hall–Kier alpha value is -2.23. The topological polar surface area (TPSA) is 42.0 Å². The molecule has 1 aromatic heterocycles. The van der Waals surface area contributed by atoms with Crippen LogP contribution >= 0.6 is 0 Å². The fraction of sp³-hybridized carbons (Fsp3) is 0.200. The number of carbonyl (C=O) groups is 1. The number of aromatic nitrogens is 1. The lowest BCUT2D eigenvalue weighted by Crippen LogP contribution is -2.33. The minimum Gasteiger partial charge on any atom is -0.351 e. The number of benzene rings is 1. The Morgan fingerprint density at radius 2 is 2.21 bits per heavy atom. The lowest BCUT2D eigenvalue weighted by molar-refractivity contribution is 0.0946. The van der Waals surface area contributed by atoms with Gasteiger partial charge in [0, 0.05) is 18.7 Å². The van der Waals surface area contributed by atoms with Crippen LogP contribution in [0, 0.1) is 5.82 Å². The molecule has 0 fully saturated rings. The summed E-state index contributed by atoms with van der Waals surface area (Å²) in [6.45, 7) is 0.539. The highest BCUT2D eigenvalue weighted by Crippen LogP contribution is 2.33. The Bertz CT molecular complexity index is 627. The third-order valence-corrected chi connectivity index (χ3v) is 3.49. The molecule has 1 aliphatic rings. The van der Waals surface area contributed by atoms with Crippen molar-refractivity contribution >= 4 is 5.91 Å². The van der Waals surface area contributed by atoms with Gasteiger partial charge in [-0.15, -0.1) is 0 Å². The summed E-state index contributed by atoms with van der Waals surface area (Å²) in [7, 11) is 0. The van der Waals surface area contributed by atoms with E-state index in [4.69, 9.17) is 0 Å². The number of carbonyl (C=O) groups excluding carboxylic acids is 1. The summed E-state index contributed by atoms with van der Waals surface area (Å²) in [5, 5.41) is 2.78.